The Balaban J connectivity index is 2.03. The number of nitrogens with zero attached hydrogens (tertiary/aromatic N) is 1. The van der Waals surface area contributed by atoms with Crippen LogP contribution in [0.15, 0.2) is 83.7 Å². The van der Waals surface area contributed by atoms with Crippen molar-refractivity contribution in [2.24, 2.45) is 22.4 Å². The molecule has 1 aromatic rings. The molecular formula is C21H23N5O2. The smallest absolute Gasteiger partial charge is 0.248 e. The quantitative estimate of drug-likeness (QED) is 0.406. The molecule has 0 aromatic heterocycles. The minimum Gasteiger partial charge on any atom is -0.405 e. The molecule has 1 amide bonds. The fourth-order valence-corrected chi connectivity index (χ4v) is 2.55. The number of nitrogens with two attached hydrogens (primary N) is 2. The summed E-state index contributed by atoms with van der Waals surface area (Å²) < 4.78 is 0. The van der Waals surface area contributed by atoms with Gasteiger partial charge in [0.1, 0.15) is 5.71 Å². The van der Waals surface area contributed by atoms with Gasteiger partial charge in [0.05, 0.1) is 17.4 Å². The minimum atomic E-state index is -0.513. The van der Waals surface area contributed by atoms with Gasteiger partial charge in [0.15, 0.2) is 0 Å². The molecule has 2 unspecified atom stereocenters. The van der Waals surface area contributed by atoms with E-state index in [-0.39, 0.29) is 23.4 Å². The van der Waals surface area contributed by atoms with Crippen molar-refractivity contribution < 1.29 is 9.59 Å². The summed E-state index contributed by atoms with van der Waals surface area (Å²) >= 11 is 0. The van der Waals surface area contributed by atoms with E-state index >= 15 is 0 Å². The molecule has 28 heavy (non-hydrogen) atoms. The van der Waals surface area contributed by atoms with E-state index in [0.29, 0.717) is 11.3 Å². The summed E-state index contributed by atoms with van der Waals surface area (Å²) in [5.41, 5.74) is 11.7. The van der Waals surface area contributed by atoms with E-state index < -0.39 is 11.7 Å². The van der Waals surface area contributed by atoms with Crippen LogP contribution in [-0.2, 0) is 9.59 Å². The van der Waals surface area contributed by atoms with E-state index in [4.69, 9.17) is 16.9 Å². The first kappa shape index (κ1) is 20.6. The standard InChI is InChI=1S/C21H23N5O2/c1-14-13-15(21(24)28)7-8-17(14)25-12-10-19(27)20(23)18(9-11-22)26-16-5-3-2-4-6-16/h2-14,17,23,25H,22H2,1H3,(H2,24,28). The third-order valence-corrected chi connectivity index (χ3v) is 4.06. The van der Waals surface area contributed by atoms with E-state index in [2.05, 4.69) is 10.3 Å². The van der Waals surface area contributed by atoms with E-state index in [0.717, 1.165) is 0 Å². The van der Waals surface area contributed by atoms with Crippen LogP contribution in [0.1, 0.15) is 6.92 Å². The summed E-state index contributed by atoms with van der Waals surface area (Å²) in [5, 5.41) is 11.2. The average Bonchev–Trinajstić information content (AvgIpc) is 2.68. The van der Waals surface area contributed by atoms with Crippen LogP contribution >= 0.6 is 0 Å². The van der Waals surface area contributed by atoms with Crippen molar-refractivity contribution in [2.45, 2.75) is 13.0 Å². The highest BCUT2D eigenvalue weighted by molar-refractivity contribution is 6.70. The monoisotopic (exact) mass is 377 g/mol. The van der Waals surface area contributed by atoms with Gasteiger partial charge >= 0.3 is 0 Å². The van der Waals surface area contributed by atoms with Gasteiger partial charge in [0.2, 0.25) is 11.7 Å². The summed E-state index contributed by atoms with van der Waals surface area (Å²) in [6.45, 7) is 1.93. The van der Waals surface area contributed by atoms with Gasteiger partial charge in [-0.05, 0) is 30.3 Å². The van der Waals surface area contributed by atoms with E-state index in [9.17, 15) is 9.59 Å². The first-order chi connectivity index (χ1) is 13.4. The molecule has 7 heteroatoms. The topological polar surface area (TPSA) is 134 Å². The van der Waals surface area contributed by atoms with E-state index in [1.165, 1.54) is 24.6 Å². The number of carbonyl (C=O) groups excluding carboxylic acids is 2. The van der Waals surface area contributed by atoms with Gasteiger partial charge in [-0.15, -0.1) is 0 Å². The number of para-hydroxylation sites is 1. The maximum Gasteiger partial charge on any atom is 0.248 e. The fourth-order valence-electron chi connectivity index (χ4n) is 2.55. The Morgan fingerprint density at radius 1 is 1.21 bits per heavy atom. The Hall–Kier alpha value is -3.74. The number of primary amides is 1. The molecule has 0 aliphatic heterocycles. The largest absolute Gasteiger partial charge is 0.405 e. The molecule has 0 saturated heterocycles. The predicted molar refractivity (Wildman–Crippen MR) is 111 cm³/mol. The maximum absolute atomic E-state index is 12.3. The zero-order chi connectivity index (χ0) is 20.5. The summed E-state index contributed by atoms with van der Waals surface area (Å²) in [5.74, 6) is -0.970. The van der Waals surface area contributed by atoms with Crippen molar-refractivity contribution >= 4 is 28.8 Å². The van der Waals surface area contributed by atoms with Crippen LogP contribution < -0.4 is 16.8 Å². The van der Waals surface area contributed by atoms with Crippen LogP contribution in [0.3, 0.4) is 0 Å². The van der Waals surface area contributed by atoms with Gasteiger partial charge < -0.3 is 16.8 Å². The zero-order valence-corrected chi connectivity index (χ0v) is 15.5. The van der Waals surface area contributed by atoms with Crippen molar-refractivity contribution in [3.63, 3.8) is 0 Å². The second kappa shape index (κ2) is 9.82. The Kier molecular flexibility index (Phi) is 7.21. The third-order valence-electron chi connectivity index (χ3n) is 4.06. The highest BCUT2D eigenvalue weighted by atomic mass is 16.1. The van der Waals surface area contributed by atoms with Crippen molar-refractivity contribution in [2.75, 3.05) is 0 Å². The number of allylic oxidation sites excluding steroid dienone is 2. The minimum absolute atomic E-state index is 0.0158. The Morgan fingerprint density at radius 2 is 1.93 bits per heavy atom. The molecule has 0 heterocycles. The Bertz CT molecular complexity index is 895. The molecule has 0 bridgehead atoms. The molecule has 2 rings (SSSR count). The SMILES string of the molecule is CC1C=C(C(N)=O)C=CC1NC=CC(=O)C(=N)C(C=CN)=Nc1ccccc1. The molecule has 6 N–H and O–H groups in total. The number of carbonyl (C=O) groups is 2. The van der Waals surface area contributed by atoms with E-state index in [1.807, 2.05) is 31.2 Å². The number of aliphatic imine (C=N–C) groups is 1. The number of amides is 1. The molecule has 0 radical (unpaired) electrons. The molecule has 7 nitrogen and oxygen atoms in total. The van der Waals surface area contributed by atoms with Crippen molar-refractivity contribution in [1.82, 2.24) is 5.32 Å². The predicted octanol–water partition coefficient (Wildman–Crippen LogP) is 1.91. The summed E-state index contributed by atoms with van der Waals surface area (Å²) in [6.07, 6.45) is 10.6. The number of hydrogen-bond acceptors (Lipinski definition) is 6. The first-order valence-electron chi connectivity index (χ1n) is 8.70. The number of hydrogen-bond donors (Lipinski definition) is 4. The Labute approximate surface area is 163 Å². The molecule has 2 atom stereocenters. The number of rotatable bonds is 8. The molecule has 1 aromatic carbocycles. The number of nitrogens with one attached hydrogen (secondary N) is 2. The lowest BCUT2D eigenvalue weighted by molar-refractivity contribution is -0.114. The molecule has 0 spiro atoms. The van der Waals surface area contributed by atoms with Crippen LogP contribution in [0.4, 0.5) is 5.69 Å². The Morgan fingerprint density at radius 3 is 2.54 bits per heavy atom. The molecule has 1 aliphatic carbocycles. The van der Waals surface area contributed by atoms with Crippen LogP contribution in [0.2, 0.25) is 0 Å². The van der Waals surface area contributed by atoms with Crippen LogP contribution in [0, 0.1) is 11.3 Å². The maximum atomic E-state index is 12.3. The summed E-state index contributed by atoms with van der Waals surface area (Å²) in [7, 11) is 0. The second-order valence-corrected chi connectivity index (χ2v) is 6.16. The van der Waals surface area contributed by atoms with Gasteiger partial charge in [-0.1, -0.05) is 43.4 Å². The van der Waals surface area contributed by atoms with Crippen molar-refractivity contribution in [1.29, 1.82) is 5.41 Å². The lowest BCUT2D eigenvalue weighted by atomic mass is 9.93. The van der Waals surface area contributed by atoms with E-state index in [1.54, 1.807) is 24.3 Å². The molecule has 0 saturated carbocycles. The highest BCUT2D eigenvalue weighted by Gasteiger charge is 2.18. The first-order valence-corrected chi connectivity index (χ1v) is 8.70. The van der Waals surface area contributed by atoms with Gasteiger partial charge in [-0.2, -0.15) is 0 Å². The van der Waals surface area contributed by atoms with Gasteiger partial charge in [-0.3, -0.25) is 15.0 Å². The second-order valence-electron chi connectivity index (χ2n) is 6.16. The van der Waals surface area contributed by atoms with Crippen LogP contribution in [-0.4, -0.2) is 29.2 Å². The molecular weight excluding hydrogens is 354 g/mol. The highest BCUT2D eigenvalue weighted by Crippen LogP contribution is 2.16. The van der Waals surface area contributed by atoms with Crippen molar-refractivity contribution in [3.8, 4) is 0 Å². The zero-order valence-electron chi connectivity index (χ0n) is 15.5. The van der Waals surface area contributed by atoms with Gasteiger partial charge in [0, 0.05) is 17.8 Å². The lowest BCUT2D eigenvalue weighted by Gasteiger charge is -2.22. The fraction of sp³-hybridized carbons (Fsp3) is 0.143. The van der Waals surface area contributed by atoms with Crippen LogP contribution in [0.25, 0.3) is 0 Å². The number of ketones is 1. The summed E-state index contributed by atoms with van der Waals surface area (Å²) in [4.78, 5) is 27.8. The van der Waals surface area contributed by atoms with Gasteiger partial charge in [0.25, 0.3) is 0 Å². The lowest BCUT2D eigenvalue weighted by Crippen LogP contribution is -2.32. The molecule has 144 valence electrons. The molecule has 0 fully saturated rings. The number of benzene rings is 1. The van der Waals surface area contributed by atoms with Crippen LogP contribution in [0.5, 0.6) is 0 Å². The summed E-state index contributed by atoms with van der Waals surface area (Å²) in [6, 6.07) is 8.92. The van der Waals surface area contributed by atoms with Crippen molar-refractivity contribution in [3.05, 3.63) is 78.7 Å². The normalized spacial score (nSPS) is 19.6. The molecule has 1 aliphatic rings. The third kappa shape index (κ3) is 5.63. The average molecular weight is 377 g/mol. The van der Waals surface area contributed by atoms with Gasteiger partial charge in [-0.25, -0.2) is 4.99 Å².